The Bertz CT molecular complexity index is 383. The molecule has 0 aliphatic heterocycles. The number of carboxylic acids is 1. The Hall–Kier alpha value is -0.210. The highest BCUT2D eigenvalue weighted by atomic mass is 127. The van der Waals surface area contributed by atoms with Crippen LogP contribution in [0.1, 0.15) is 11.7 Å². The largest absolute Gasteiger partial charge is 0.479 e. The molecule has 2 N–H and O–H groups in total. The average Bonchev–Trinajstić information content (AvgIpc) is 2.09. The summed E-state index contributed by atoms with van der Waals surface area (Å²) in [7, 11) is 0. The molecule has 0 spiro atoms. The Labute approximate surface area is 101 Å². The molecular weight excluding hydrogens is 370 g/mol. The topological polar surface area (TPSA) is 57.5 Å². The number of rotatable bonds is 2. The maximum atomic E-state index is 13.3. The summed E-state index contributed by atoms with van der Waals surface area (Å²) in [6.45, 7) is 0. The molecule has 1 rings (SSSR count). The Morgan fingerprint density at radius 2 is 2.14 bits per heavy atom. The van der Waals surface area contributed by atoms with Gasteiger partial charge in [0.15, 0.2) is 6.10 Å². The Balaban J connectivity index is 3.26. The summed E-state index contributed by atoms with van der Waals surface area (Å²) in [5.41, 5.74) is -0.240. The molecule has 0 radical (unpaired) electrons. The Morgan fingerprint density at radius 1 is 1.57 bits per heavy atom. The Kier molecular flexibility index (Phi) is 3.85. The van der Waals surface area contributed by atoms with Gasteiger partial charge in [0.05, 0.1) is 4.47 Å². The lowest BCUT2D eigenvalue weighted by Gasteiger charge is -2.08. The molecule has 0 bridgehead atoms. The second-order valence-electron chi connectivity index (χ2n) is 2.53. The zero-order valence-corrected chi connectivity index (χ0v) is 10.4. The predicted octanol–water partition coefficient (Wildman–Crippen LogP) is 2.31. The van der Waals surface area contributed by atoms with Gasteiger partial charge in [0.2, 0.25) is 0 Å². The van der Waals surface area contributed by atoms with E-state index in [2.05, 4.69) is 15.9 Å². The van der Waals surface area contributed by atoms with Crippen molar-refractivity contribution in [1.29, 1.82) is 0 Å². The van der Waals surface area contributed by atoms with E-state index < -0.39 is 17.9 Å². The van der Waals surface area contributed by atoms with E-state index in [9.17, 15) is 9.18 Å². The van der Waals surface area contributed by atoms with Crippen molar-refractivity contribution in [2.24, 2.45) is 0 Å². The van der Waals surface area contributed by atoms with E-state index in [1.807, 2.05) is 22.6 Å². The average molecular weight is 375 g/mol. The fourth-order valence-corrected chi connectivity index (χ4v) is 2.46. The third-order valence-corrected chi connectivity index (χ3v) is 2.75. The van der Waals surface area contributed by atoms with Gasteiger partial charge in [-0.05, 0) is 50.7 Å². The number of aliphatic carboxylic acids is 1. The summed E-state index contributed by atoms with van der Waals surface area (Å²) in [6, 6.07) is 2.79. The third kappa shape index (κ3) is 2.43. The smallest absolute Gasteiger partial charge is 0.337 e. The summed E-state index contributed by atoms with van der Waals surface area (Å²) in [5.74, 6) is -2.22. The van der Waals surface area contributed by atoms with Crippen molar-refractivity contribution in [2.45, 2.75) is 6.10 Å². The number of carboxylic acid groups (broad SMARTS) is 1. The molecule has 0 heterocycles. The number of carbonyl (C=O) groups is 1. The number of aliphatic hydroxyl groups is 1. The first kappa shape index (κ1) is 11.9. The maximum Gasteiger partial charge on any atom is 0.337 e. The van der Waals surface area contributed by atoms with E-state index in [1.54, 1.807) is 0 Å². The number of hydrogen-bond acceptors (Lipinski definition) is 2. The molecule has 0 aromatic heterocycles. The fraction of sp³-hybridized carbons (Fsp3) is 0.125. The quantitative estimate of drug-likeness (QED) is 0.617. The first-order valence-corrected chi connectivity index (χ1v) is 5.36. The summed E-state index contributed by atoms with van der Waals surface area (Å²) >= 11 is 4.83. The van der Waals surface area contributed by atoms with Gasteiger partial charge in [0.25, 0.3) is 0 Å². The van der Waals surface area contributed by atoms with E-state index in [4.69, 9.17) is 10.2 Å². The van der Waals surface area contributed by atoms with Crippen molar-refractivity contribution in [2.75, 3.05) is 0 Å². The minimum atomic E-state index is -1.83. The second-order valence-corrected chi connectivity index (χ2v) is 4.63. The standard InChI is InChI=1S/C8H5BrFIO3/c9-5-2-3(11)1-4(6(5)10)7(12)8(13)14/h1-2,7,12H,(H,13,14). The number of hydrogen-bond donors (Lipinski definition) is 2. The lowest BCUT2D eigenvalue weighted by molar-refractivity contribution is -0.147. The van der Waals surface area contributed by atoms with Gasteiger partial charge in [-0.3, -0.25) is 0 Å². The summed E-state index contributed by atoms with van der Waals surface area (Å²) < 4.78 is 14.1. The molecule has 3 nitrogen and oxygen atoms in total. The van der Waals surface area contributed by atoms with Crippen LogP contribution in [-0.4, -0.2) is 16.2 Å². The molecule has 1 aromatic carbocycles. The van der Waals surface area contributed by atoms with Gasteiger partial charge in [0.1, 0.15) is 5.82 Å². The molecule has 0 fully saturated rings. The fourth-order valence-electron chi connectivity index (χ4n) is 0.908. The van der Waals surface area contributed by atoms with Crippen LogP contribution in [0.15, 0.2) is 16.6 Å². The van der Waals surface area contributed by atoms with Crippen LogP contribution >= 0.6 is 38.5 Å². The van der Waals surface area contributed by atoms with Crippen LogP contribution in [0, 0.1) is 9.39 Å². The van der Waals surface area contributed by atoms with Crippen molar-refractivity contribution in [3.8, 4) is 0 Å². The van der Waals surface area contributed by atoms with Crippen LogP contribution in [-0.2, 0) is 4.79 Å². The summed E-state index contributed by atoms with van der Waals surface area (Å²) in [4.78, 5) is 10.4. The highest BCUT2D eigenvalue weighted by Crippen LogP contribution is 2.26. The third-order valence-electron chi connectivity index (χ3n) is 1.55. The highest BCUT2D eigenvalue weighted by Gasteiger charge is 2.21. The van der Waals surface area contributed by atoms with Crippen molar-refractivity contribution in [3.63, 3.8) is 0 Å². The minimum Gasteiger partial charge on any atom is -0.479 e. The van der Waals surface area contributed by atoms with Crippen LogP contribution in [0.2, 0.25) is 0 Å². The molecule has 76 valence electrons. The first-order valence-electron chi connectivity index (χ1n) is 3.48. The lowest BCUT2D eigenvalue weighted by atomic mass is 10.1. The molecule has 14 heavy (non-hydrogen) atoms. The molecule has 1 aromatic rings. The van der Waals surface area contributed by atoms with Crippen molar-refractivity contribution in [3.05, 3.63) is 31.6 Å². The number of benzene rings is 1. The van der Waals surface area contributed by atoms with Gasteiger partial charge >= 0.3 is 5.97 Å². The Morgan fingerprint density at radius 3 is 2.64 bits per heavy atom. The zero-order valence-electron chi connectivity index (χ0n) is 6.67. The summed E-state index contributed by atoms with van der Waals surface area (Å²) in [5, 5.41) is 17.7. The van der Waals surface area contributed by atoms with Gasteiger partial charge in [-0.15, -0.1) is 0 Å². The van der Waals surface area contributed by atoms with E-state index in [1.165, 1.54) is 12.1 Å². The molecule has 0 aliphatic carbocycles. The van der Waals surface area contributed by atoms with Crippen molar-refractivity contribution < 1.29 is 19.4 Å². The van der Waals surface area contributed by atoms with Crippen LogP contribution in [0.3, 0.4) is 0 Å². The normalized spacial score (nSPS) is 12.6. The van der Waals surface area contributed by atoms with Gasteiger partial charge in [0, 0.05) is 9.13 Å². The van der Waals surface area contributed by atoms with Crippen molar-refractivity contribution in [1.82, 2.24) is 0 Å². The van der Waals surface area contributed by atoms with Crippen LogP contribution < -0.4 is 0 Å². The highest BCUT2D eigenvalue weighted by molar-refractivity contribution is 14.1. The van der Waals surface area contributed by atoms with E-state index in [0.717, 1.165) is 0 Å². The number of halogens is 3. The van der Waals surface area contributed by atoms with Crippen LogP contribution in [0.25, 0.3) is 0 Å². The van der Waals surface area contributed by atoms with E-state index in [-0.39, 0.29) is 10.0 Å². The lowest BCUT2D eigenvalue weighted by Crippen LogP contribution is -2.12. The van der Waals surface area contributed by atoms with Gasteiger partial charge in [-0.25, -0.2) is 9.18 Å². The molecule has 6 heteroatoms. The first-order chi connectivity index (χ1) is 6.43. The zero-order chi connectivity index (χ0) is 10.9. The monoisotopic (exact) mass is 374 g/mol. The molecule has 0 aliphatic rings. The van der Waals surface area contributed by atoms with Gasteiger partial charge in [-0.2, -0.15) is 0 Å². The van der Waals surface area contributed by atoms with Crippen molar-refractivity contribution >= 4 is 44.5 Å². The molecule has 0 saturated carbocycles. The maximum absolute atomic E-state index is 13.3. The number of aliphatic hydroxyl groups excluding tert-OH is 1. The van der Waals surface area contributed by atoms with Gasteiger partial charge in [-0.1, -0.05) is 0 Å². The summed E-state index contributed by atoms with van der Waals surface area (Å²) in [6.07, 6.45) is -1.83. The SMILES string of the molecule is O=C(O)C(O)c1cc(I)cc(Br)c1F. The minimum absolute atomic E-state index is 0.139. The van der Waals surface area contributed by atoms with Crippen LogP contribution in [0.5, 0.6) is 0 Å². The molecule has 1 atom stereocenters. The molecule has 0 amide bonds. The molecule has 0 saturated heterocycles. The molecular formula is C8H5BrFIO3. The van der Waals surface area contributed by atoms with Gasteiger partial charge < -0.3 is 10.2 Å². The second kappa shape index (κ2) is 4.54. The predicted molar refractivity (Wildman–Crippen MR) is 59.4 cm³/mol. The molecule has 1 unspecified atom stereocenters. The van der Waals surface area contributed by atoms with E-state index in [0.29, 0.717) is 3.57 Å². The van der Waals surface area contributed by atoms with Crippen LogP contribution in [0.4, 0.5) is 4.39 Å². The van der Waals surface area contributed by atoms with E-state index >= 15 is 0 Å².